The number of amides is 1. The summed E-state index contributed by atoms with van der Waals surface area (Å²) in [7, 11) is -3.75. The largest absolute Gasteiger partial charge is 0.358 e. The molecule has 5 rings (SSSR count). The van der Waals surface area contributed by atoms with E-state index in [0.717, 1.165) is 36.6 Å². The van der Waals surface area contributed by atoms with Crippen LogP contribution < -0.4 is 10.0 Å². The van der Waals surface area contributed by atoms with Gasteiger partial charge in [-0.3, -0.25) is 14.5 Å². The molecule has 1 aliphatic carbocycles. The summed E-state index contributed by atoms with van der Waals surface area (Å²) in [4.78, 5) is 20.9. The van der Waals surface area contributed by atoms with Crippen LogP contribution in [0.5, 0.6) is 0 Å². The lowest BCUT2D eigenvalue weighted by Crippen LogP contribution is -2.29. The summed E-state index contributed by atoms with van der Waals surface area (Å²) >= 11 is 0. The molecule has 0 fully saturated rings. The summed E-state index contributed by atoms with van der Waals surface area (Å²) in [6.45, 7) is 2.90. The van der Waals surface area contributed by atoms with Crippen molar-refractivity contribution in [2.45, 2.75) is 43.9 Å². The first-order valence-electron chi connectivity index (χ1n) is 11.0. The van der Waals surface area contributed by atoms with Crippen molar-refractivity contribution in [1.29, 1.82) is 0 Å². The molecule has 8 heteroatoms. The second-order valence-corrected chi connectivity index (χ2v) is 10.4. The quantitative estimate of drug-likeness (QED) is 0.559. The summed E-state index contributed by atoms with van der Waals surface area (Å²) in [5, 5.41) is 3.96. The highest BCUT2D eigenvalue weighted by atomic mass is 32.2. The smallest absolute Gasteiger partial charge is 0.262 e. The number of H-pyrrole nitrogens is 1. The summed E-state index contributed by atoms with van der Waals surface area (Å²) in [5.74, 6) is 0.841. The van der Waals surface area contributed by atoms with Crippen molar-refractivity contribution in [2.24, 2.45) is 10.9 Å². The molecule has 0 spiro atoms. The Balaban J connectivity index is 1.41. The van der Waals surface area contributed by atoms with Gasteiger partial charge in [-0.1, -0.05) is 25.1 Å². The molecule has 2 aromatic carbocycles. The number of amidine groups is 1. The number of hydrogen-bond donors (Lipinski definition) is 3. The van der Waals surface area contributed by atoms with Crippen LogP contribution in [0.1, 0.15) is 47.8 Å². The number of para-hydroxylation sites is 1. The molecule has 0 bridgehead atoms. The second kappa shape index (κ2) is 8.09. The van der Waals surface area contributed by atoms with Gasteiger partial charge in [0.15, 0.2) is 0 Å². The summed E-state index contributed by atoms with van der Waals surface area (Å²) in [6.07, 6.45) is 4.62. The molecule has 0 saturated carbocycles. The first-order chi connectivity index (χ1) is 15.4. The molecule has 2 heterocycles. The number of aromatic amines is 1. The minimum Gasteiger partial charge on any atom is -0.358 e. The van der Waals surface area contributed by atoms with Gasteiger partial charge in [-0.2, -0.15) is 0 Å². The molecule has 1 aromatic heterocycles. The van der Waals surface area contributed by atoms with Crippen molar-refractivity contribution < 1.29 is 13.2 Å². The molecule has 3 aromatic rings. The Morgan fingerprint density at radius 3 is 2.81 bits per heavy atom. The average Bonchev–Trinajstić information content (AvgIpc) is 3.40. The normalized spacial score (nSPS) is 18.3. The van der Waals surface area contributed by atoms with E-state index >= 15 is 0 Å². The van der Waals surface area contributed by atoms with E-state index in [9.17, 15) is 13.2 Å². The van der Waals surface area contributed by atoms with Gasteiger partial charge >= 0.3 is 0 Å². The lowest BCUT2D eigenvalue weighted by Gasteiger charge is -2.17. The van der Waals surface area contributed by atoms with Crippen LogP contribution in [0.4, 0.5) is 5.69 Å². The van der Waals surface area contributed by atoms with Gasteiger partial charge in [0, 0.05) is 29.7 Å². The molecule has 1 unspecified atom stereocenters. The number of nitrogens with one attached hydrogen (secondary N) is 3. The Morgan fingerprint density at radius 1 is 1.16 bits per heavy atom. The third-order valence-corrected chi connectivity index (χ3v) is 7.62. The zero-order valence-corrected chi connectivity index (χ0v) is 18.8. The number of fused-ring (bicyclic) bond motifs is 3. The number of aliphatic imine (C=N–C) groups is 1. The van der Waals surface area contributed by atoms with E-state index in [2.05, 4.69) is 33.0 Å². The first-order valence-corrected chi connectivity index (χ1v) is 12.5. The van der Waals surface area contributed by atoms with Crippen LogP contribution in [0, 0.1) is 5.92 Å². The molecule has 7 nitrogen and oxygen atoms in total. The zero-order valence-electron chi connectivity index (χ0n) is 17.9. The van der Waals surface area contributed by atoms with Gasteiger partial charge in [0.2, 0.25) is 0 Å². The summed E-state index contributed by atoms with van der Waals surface area (Å²) in [6, 6.07) is 12.0. The summed E-state index contributed by atoms with van der Waals surface area (Å²) in [5.41, 5.74) is 4.34. The first kappa shape index (κ1) is 20.8. The Bertz CT molecular complexity index is 1340. The number of rotatable bonds is 4. The number of carbonyl (C=O) groups excluding carboxylic acids is 1. The Labute approximate surface area is 187 Å². The van der Waals surface area contributed by atoms with Gasteiger partial charge in [0.1, 0.15) is 5.84 Å². The molecule has 2 aliphatic rings. The van der Waals surface area contributed by atoms with Gasteiger partial charge in [0.05, 0.1) is 16.0 Å². The van der Waals surface area contributed by atoms with Gasteiger partial charge < -0.3 is 10.3 Å². The van der Waals surface area contributed by atoms with E-state index in [-0.39, 0.29) is 10.8 Å². The van der Waals surface area contributed by atoms with Gasteiger partial charge in [-0.05, 0) is 61.4 Å². The molecule has 1 amide bonds. The molecule has 166 valence electrons. The fourth-order valence-corrected chi connectivity index (χ4v) is 5.72. The van der Waals surface area contributed by atoms with Crippen molar-refractivity contribution in [3.8, 4) is 0 Å². The van der Waals surface area contributed by atoms with Gasteiger partial charge in [0.25, 0.3) is 15.9 Å². The van der Waals surface area contributed by atoms with E-state index in [4.69, 9.17) is 0 Å². The van der Waals surface area contributed by atoms with Gasteiger partial charge in [-0.15, -0.1) is 0 Å². The van der Waals surface area contributed by atoms with Crippen LogP contribution in [0.2, 0.25) is 0 Å². The lowest BCUT2D eigenvalue weighted by molar-refractivity contribution is 0.102. The SMILES string of the molecule is CC1CCc2[nH]c3c(C(=O)Nc4cccc(S(=O)(=O)NC5=NCCC5)c4)cccc3c2C1. The van der Waals surface area contributed by atoms with Crippen LogP contribution in [-0.4, -0.2) is 31.7 Å². The van der Waals surface area contributed by atoms with E-state index in [1.807, 2.05) is 6.07 Å². The maximum Gasteiger partial charge on any atom is 0.262 e. The van der Waals surface area contributed by atoms with Crippen molar-refractivity contribution in [1.82, 2.24) is 9.71 Å². The molecular weight excluding hydrogens is 424 g/mol. The maximum absolute atomic E-state index is 13.1. The highest BCUT2D eigenvalue weighted by Crippen LogP contribution is 2.33. The fourth-order valence-electron chi connectivity index (χ4n) is 4.58. The number of benzene rings is 2. The molecule has 1 aliphatic heterocycles. The van der Waals surface area contributed by atoms with Crippen molar-refractivity contribution in [3.05, 3.63) is 59.3 Å². The third kappa shape index (κ3) is 3.90. The van der Waals surface area contributed by atoms with E-state index in [1.165, 1.54) is 23.4 Å². The highest BCUT2D eigenvalue weighted by Gasteiger charge is 2.23. The molecule has 0 radical (unpaired) electrons. The Kier molecular flexibility index (Phi) is 5.25. The van der Waals surface area contributed by atoms with Crippen LogP contribution in [0.25, 0.3) is 10.9 Å². The number of nitrogens with zero attached hydrogens (tertiary/aromatic N) is 1. The number of hydrogen-bond acceptors (Lipinski definition) is 4. The number of sulfonamides is 1. The van der Waals surface area contributed by atoms with Gasteiger partial charge in [-0.25, -0.2) is 8.42 Å². The number of aryl methyl sites for hydroxylation is 1. The number of anilines is 1. The monoisotopic (exact) mass is 450 g/mol. The minimum absolute atomic E-state index is 0.0902. The van der Waals surface area contributed by atoms with Crippen molar-refractivity contribution in [2.75, 3.05) is 11.9 Å². The second-order valence-electron chi connectivity index (χ2n) is 8.68. The Hall–Kier alpha value is -3.13. The highest BCUT2D eigenvalue weighted by molar-refractivity contribution is 7.90. The van der Waals surface area contributed by atoms with E-state index < -0.39 is 10.0 Å². The van der Waals surface area contributed by atoms with Crippen molar-refractivity contribution in [3.63, 3.8) is 0 Å². The molecular formula is C24H26N4O3S. The molecule has 1 atom stereocenters. The van der Waals surface area contributed by atoms with Crippen LogP contribution in [-0.2, 0) is 22.9 Å². The zero-order chi connectivity index (χ0) is 22.3. The van der Waals surface area contributed by atoms with E-state index in [0.29, 0.717) is 36.0 Å². The molecule has 0 saturated heterocycles. The van der Waals surface area contributed by atoms with Crippen LogP contribution >= 0.6 is 0 Å². The predicted octanol–water partition coefficient (Wildman–Crippen LogP) is 4.02. The number of carbonyl (C=O) groups is 1. The molecule has 3 N–H and O–H groups in total. The minimum atomic E-state index is -3.75. The Morgan fingerprint density at radius 2 is 2.00 bits per heavy atom. The van der Waals surface area contributed by atoms with Crippen LogP contribution in [0.15, 0.2) is 52.4 Å². The number of aromatic nitrogens is 1. The topological polar surface area (TPSA) is 103 Å². The summed E-state index contributed by atoms with van der Waals surface area (Å²) < 4.78 is 27.9. The van der Waals surface area contributed by atoms with Crippen LogP contribution in [0.3, 0.4) is 0 Å². The standard InChI is InChI=1S/C24H26N4O3S/c1-15-10-11-21-20(13-15)18-7-3-8-19(23(18)27-21)24(29)26-16-5-2-6-17(14-16)32(30,31)28-22-9-4-12-25-22/h2-3,5-8,14-15,27H,4,9-13H2,1H3,(H,25,28)(H,26,29). The maximum atomic E-state index is 13.1. The fraction of sp³-hybridized carbons (Fsp3) is 0.333. The van der Waals surface area contributed by atoms with E-state index in [1.54, 1.807) is 18.2 Å². The third-order valence-electron chi connectivity index (χ3n) is 6.24. The van der Waals surface area contributed by atoms with Crippen molar-refractivity contribution >= 4 is 38.4 Å². The average molecular weight is 451 g/mol. The lowest BCUT2D eigenvalue weighted by atomic mass is 9.87. The predicted molar refractivity (Wildman–Crippen MR) is 126 cm³/mol. The molecule has 32 heavy (non-hydrogen) atoms.